The van der Waals surface area contributed by atoms with Crippen molar-refractivity contribution in [3.05, 3.63) is 43.7 Å². The number of ether oxygens (including phenoxy) is 1. The molecule has 2 rings (SSSR count). The van der Waals surface area contributed by atoms with Gasteiger partial charge in [0.2, 0.25) is 0 Å². The van der Waals surface area contributed by atoms with Crippen LogP contribution in [0.15, 0.2) is 29.6 Å². The van der Waals surface area contributed by atoms with Crippen molar-refractivity contribution >= 4 is 52.1 Å². The molecule has 6 nitrogen and oxygen atoms in total. The highest BCUT2D eigenvalue weighted by Gasteiger charge is 2.16. The Morgan fingerprint density at radius 3 is 2.68 bits per heavy atom. The van der Waals surface area contributed by atoms with Crippen molar-refractivity contribution in [3.63, 3.8) is 0 Å². The fourth-order valence-electron chi connectivity index (χ4n) is 1.93. The van der Waals surface area contributed by atoms with Gasteiger partial charge in [0, 0.05) is 11.4 Å². The lowest BCUT2D eigenvalue weighted by atomic mass is 10.4. The molecule has 2 heterocycles. The molecule has 0 aliphatic carbocycles. The summed E-state index contributed by atoms with van der Waals surface area (Å²) in [5.74, 6) is -1.30. The lowest BCUT2D eigenvalue weighted by Gasteiger charge is -2.19. The second kappa shape index (κ2) is 9.55. The number of hydrogen-bond donors (Lipinski definition) is 1. The van der Waals surface area contributed by atoms with Crippen LogP contribution in [0, 0.1) is 0 Å². The van der Waals surface area contributed by atoms with Gasteiger partial charge in [-0.3, -0.25) is 14.4 Å². The van der Waals surface area contributed by atoms with Gasteiger partial charge in [-0.2, -0.15) is 0 Å². The molecule has 2 aromatic heterocycles. The first kappa shape index (κ1) is 19.4. The van der Waals surface area contributed by atoms with Crippen molar-refractivity contribution < 1.29 is 19.1 Å². The van der Waals surface area contributed by atoms with Crippen molar-refractivity contribution in [2.75, 3.05) is 19.7 Å². The summed E-state index contributed by atoms with van der Waals surface area (Å²) in [6.45, 7) is 2.11. The molecule has 0 aliphatic heterocycles. The average molecular weight is 401 g/mol. The Morgan fingerprint density at radius 2 is 2.08 bits per heavy atom. The lowest BCUT2D eigenvalue weighted by Crippen LogP contribution is -2.36. The van der Waals surface area contributed by atoms with E-state index in [0.717, 1.165) is 4.88 Å². The standard InChI is InChI=1S/C16H17ClN2O4S2/c1-2-19(9-11-5-6-13(17)25-11)14(20)10-23-15(21)8-18-16(22)12-4-3-7-24-12/h3-7H,2,8-10H2,1H3,(H,18,22). The molecule has 0 saturated carbocycles. The number of rotatable bonds is 8. The molecule has 25 heavy (non-hydrogen) atoms. The van der Waals surface area contributed by atoms with E-state index in [-0.39, 0.29) is 25.0 Å². The number of halogens is 1. The summed E-state index contributed by atoms with van der Waals surface area (Å²) >= 11 is 8.56. The van der Waals surface area contributed by atoms with Crippen LogP contribution in [0.1, 0.15) is 21.5 Å². The molecule has 9 heteroatoms. The number of carbonyl (C=O) groups excluding carboxylic acids is 3. The summed E-state index contributed by atoms with van der Waals surface area (Å²) in [5, 5.41) is 4.22. The Kier molecular flexibility index (Phi) is 7.42. The first-order valence-electron chi connectivity index (χ1n) is 7.49. The number of amides is 2. The Bertz CT molecular complexity index is 730. The zero-order valence-electron chi connectivity index (χ0n) is 13.5. The van der Waals surface area contributed by atoms with Crippen LogP contribution < -0.4 is 5.32 Å². The van der Waals surface area contributed by atoms with Gasteiger partial charge in [-0.25, -0.2) is 0 Å². The Labute approximate surface area is 158 Å². The predicted octanol–water partition coefficient (Wildman–Crippen LogP) is 2.78. The van der Waals surface area contributed by atoms with Crippen LogP contribution >= 0.6 is 34.3 Å². The fraction of sp³-hybridized carbons (Fsp3) is 0.312. The predicted molar refractivity (Wildman–Crippen MR) is 98.0 cm³/mol. The van der Waals surface area contributed by atoms with Crippen LogP contribution in [0.2, 0.25) is 4.34 Å². The van der Waals surface area contributed by atoms with E-state index >= 15 is 0 Å². The average Bonchev–Trinajstić information content (AvgIpc) is 3.27. The van der Waals surface area contributed by atoms with Gasteiger partial charge in [0.1, 0.15) is 6.54 Å². The van der Waals surface area contributed by atoms with Crippen LogP contribution in [0.5, 0.6) is 0 Å². The summed E-state index contributed by atoms with van der Waals surface area (Å²) in [5.41, 5.74) is 0. The normalized spacial score (nSPS) is 10.3. The molecule has 0 spiro atoms. The molecule has 0 aromatic carbocycles. The molecule has 0 atom stereocenters. The zero-order valence-corrected chi connectivity index (χ0v) is 15.9. The second-order valence-corrected chi connectivity index (χ2v) is 7.68. The Morgan fingerprint density at radius 1 is 1.28 bits per heavy atom. The van der Waals surface area contributed by atoms with E-state index in [1.54, 1.807) is 28.5 Å². The molecule has 134 valence electrons. The highest BCUT2D eigenvalue weighted by Crippen LogP contribution is 2.22. The summed E-state index contributed by atoms with van der Waals surface area (Å²) in [6.07, 6.45) is 0. The molecule has 0 saturated heterocycles. The third-order valence-corrected chi connectivity index (χ3v) is 5.29. The minimum atomic E-state index is -0.659. The van der Waals surface area contributed by atoms with Crippen LogP contribution in [0.3, 0.4) is 0 Å². The molecule has 0 bridgehead atoms. The Balaban J connectivity index is 1.73. The van der Waals surface area contributed by atoms with Crippen molar-refractivity contribution in [3.8, 4) is 0 Å². The molecule has 0 fully saturated rings. The minimum absolute atomic E-state index is 0.281. The van der Waals surface area contributed by atoms with Gasteiger partial charge in [-0.15, -0.1) is 22.7 Å². The third-order valence-electron chi connectivity index (χ3n) is 3.20. The second-order valence-electron chi connectivity index (χ2n) is 4.93. The van der Waals surface area contributed by atoms with Crippen LogP contribution in [-0.2, 0) is 20.9 Å². The zero-order chi connectivity index (χ0) is 18.2. The number of nitrogens with one attached hydrogen (secondary N) is 1. The number of carbonyl (C=O) groups is 3. The number of hydrogen-bond acceptors (Lipinski definition) is 6. The van der Waals surface area contributed by atoms with Crippen LogP contribution in [0.25, 0.3) is 0 Å². The lowest BCUT2D eigenvalue weighted by molar-refractivity contribution is -0.151. The van der Waals surface area contributed by atoms with Crippen molar-refractivity contribution in [2.45, 2.75) is 13.5 Å². The summed E-state index contributed by atoms with van der Waals surface area (Å²) in [4.78, 5) is 38.6. The summed E-state index contributed by atoms with van der Waals surface area (Å²) < 4.78 is 5.59. The highest BCUT2D eigenvalue weighted by molar-refractivity contribution is 7.16. The first-order chi connectivity index (χ1) is 12.0. The third kappa shape index (κ3) is 6.15. The minimum Gasteiger partial charge on any atom is -0.454 e. The molecule has 2 amide bonds. The van der Waals surface area contributed by atoms with E-state index in [2.05, 4.69) is 5.32 Å². The Hall–Kier alpha value is -1.90. The molecule has 0 aliphatic rings. The maximum absolute atomic E-state index is 12.1. The van der Waals surface area contributed by atoms with Gasteiger partial charge in [-0.1, -0.05) is 17.7 Å². The van der Waals surface area contributed by atoms with E-state index in [0.29, 0.717) is 22.3 Å². The quantitative estimate of drug-likeness (QED) is 0.691. The topological polar surface area (TPSA) is 75.7 Å². The number of thiophene rings is 2. The van der Waals surface area contributed by atoms with E-state index in [1.807, 2.05) is 13.0 Å². The van der Waals surface area contributed by atoms with Gasteiger partial charge in [0.15, 0.2) is 6.61 Å². The summed E-state index contributed by atoms with van der Waals surface area (Å²) in [7, 11) is 0. The largest absolute Gasteiger partial charge is 0.454 e. The van der Waals surface area contributed by atoms with Crippen LogP contribution in [-0.4, -0.2) is 42.4 Å². The van der Waals surface area contributed by atoms with Gasteiger partial charge in [0.25, 0.3) is 11.8 Å². The number of likely N-dealkylation sites (N-methyl/N-ethyl adjacent to an activating group) is 1. The smallest absolute Gasteiger partial charge is 0.325 e. The molecular formula is C16H17ClN2O4S2. The maximum atomic E-state index is 12.1. The SMILES string of the molecule is CCN(Cc1ccc(Cl)s1)C(=O)COC(=O)CNC(=O)c1cccs1. The van der Waals surface area contributed by atoms with Crippen molar-refractivity contribution in [1.82, 2.24) is 10.2 Å². The van der Waals surface area contributed by atoms with E-state index in [1.165, 1.54) is 22.7 Å². The fourth-order valence-corrected chi connectivity index (χ4v) is 3.68. The molecule has 1 N–H and O–H groups in total. The van der Waals surface area contributed by atoms with E-state index in [9.17, 15) is 14.4 Å². The molecule has 0 radical (unpaired) electrons. The summed E-state index contributed by atoms with van der Waals surface area (Å²) in [6, 6.07) is 7.03. The molecular weight excluding hydrogens is 384 g/mol. The van der Waals surface area contributed by atoms with Gasteiger partial charge < -0.3 is 15.0 Å². The van der Waals surface area contributed by atoms with Gasteiger partial charge >= 0.3 is 5.97 Å². The molecule has 0 unspecified atom stereocenters. The first-order valence-corrected chi connectivity index (χ1v) is 9.56. The maximum Gasteiger partial charge on any atom is 0.325 e. The highest BCUT2D eigenvalue weighted by atomic mass is 35.5. The van der Waals surface area contributed by atoms with Gasteiger partial charge in [-0.05, 0) is 30.5 Å². The monoisotopic (exact) mass is 400 g/mol. The molecule has 2 aromatic rings. The number of esters is 1. The van der Waals surface area contributed by atoms with Crippen molar-refractivity contribution in [2.24, 2.45) is 0 Å². The van der Waals surface area contributed by atoms with Crippen molar-refractivity contribution in [1.29, 1.82) is 0 Å². The number of nitrogens with zero attached hydrogens (tertiary/aromatic N) is 1. The van der Waals surface area contributed by atoms with Gasteiger partial charge in [0.05, 0.1) is 15.8 Å². The van der Waals surface area contributed by atoms with E-state index in [4.69, 9.17) is 16.3 Å². The van der Waals surface area contributed by atoms with Crippen LogP contribution in [0.4, 0.5) is 0 Å². The van der Waals surface area contributed by atoms with E-state index < -0.39 is 5.97 Å².